The highest BCUT2D eigenvalue weighted by atomic mass is 16.6. The lowest BCUT2D eigenvalue weighted by Gasteiger charge is -2.36. The summed E-state index contributed by atoms with van der Waals surface area (Å²) in [7, 11) is 0. The first-order valence-corrected chi connectivity index (χ1v) is 8.46. The zero-order valence-corrected chi connectivity index (χ0v) is 15.1. The number of piperazine rings is 1. The van der Waals surface area contributed by atoms with Crippen LogP contribution in [-0.4, -0.2) is 63.8 Å². The molecule has 0 atom stereocenters. The Balaban J connectivity index is 1.68. The largest absolute Gasteiger partial charge is 0.476 e. The Morgan fingerprint density at radius 2 is 1.81 bits per heavy atom. The molecule has 1 aliphatic rings. The van der Waals surface area contributed by atoms with E-state index in [4.69, 9.17) is 9.84 Å². The van der Waals surface area contributed by atoms with Crippen LogP contribution in [0, 0.1) is 0 Å². The number of aromatic carboxylic acids is 1. The van der Waals surface area contributed by atoms with Crippen LogP contribution < -0.4 is 4.90 Å². The Morgan fingerprint density at radius 3 is 2.42 bits per heavy atom. The Bertz CT molecular complexity index is 839. The van der Waals surface area contributed by atoms with Gasteiger partial charge in [0.2, 0.25) is 0 Å². The van der Waals surface area contributed by atoms with E-state index in [2.05, 4.69) is 14.9 Å². The lowest BCUT2D eigenvalue weighted by Crippen LogP contribution is -2.50. The summed E-state index contributed by atoms with van der Waals surface area (Å²) < 4.78 is 5.41. The van der Waals surface area contributed by atoms with Crippen molar-refractivity contribution in [3.63, 3.8) is 0 Å². The fourth-order valence-corrected chi connectivity index (χ4v) is 2.77. The van der Waals surface area contributed by atoms with Crippen LogP contribution in [0.3, 0.4) is 0 Å². The van der Waals surface area contributed by atoms with E-state index in [0.717, 1.165) is 5.69 Å². The lowest BCUT2D eigenvalue weighted by atomic mass is 10.2. The van der Waals surface area contributed by atoms with Crippen LogP contribution in [0.2, 0.25) is 0 Å². The number of hydrogen-bond acceptors (Lipinski definition) is 6. The number of aromatic nitrogens is 2. The van der Waals surface area contributed by atoms with E-state index >= 15 is 0 Å². The van der Waals surface area contributed by atoms with Crippen LogP contribution in [0.25, 0.3) is 11.0 Å². The van der Waals surface area contributed by atoms with Gasteiger partial charge in [-0.15, -0.1) is 0 Å². The average Bonchev–Trinajstić information content (AvgIpc) is 2.59. The molecule has 1 aromatic carbocycles. The summed E-state index contributed by atoms with van der Waals surface area (Å²) in [6.07, 6.45) is 0.970. The van der Waals surface area contributed by atoms with Crippen molar-refractivity contribution >= 4 is 28.8 Å². The van der Waals surface area contributed by atoms with Gasteiger partial charge in [0.15, 0.2) is 5.69 Å². The summed E-state index contributed by atoms with van der Waals surface area (Å²) in [6, 6.07) is 5.55. The van der Waals surface area contributed by atoms with Gasteiger partial charge in [0, 0.05) is 31.9 Å². The van der Waals surface area contributed by atoms with Gasteiger partial charge in [-0.1, -0.05) is 0 Å². The van der Waals surface area contributed by atoms with Gasteiger partial charge in [0.1, 0.15) is 5.60 Å². The Labute approximate surface area is 151 Å². The molecule has 3 rings (SSSR count). The third kappa shape index (κ3) is 4.01. The van der Waals surface area contributed by atoms with Crippen LogP contribution in [0.5, 0.6) is 0 Å². The maximum Gasteiger partial charge on any atom is 0.410 e. The van der Waals surface area contributed by atoms with E-state index in [9.17, 15) is 9.59 Å². The number of nitrogens with zero attached hydrogens (tertiary/aromatic N) is 4. The van der Waals surface area contributed by atoms with Crippen molar-refractivity contribution in [1.82, 2.24) is 14.9 Å². The standard InChI is InChI=1S/C18H22N4O4/c1-18(2,3)26-17(25)22-8-6-21(7-9-22)12-4-5-13-14(10-12)19-11-15(20-13)16(23)24/h4-5,10-11H,6-9H2,1-3H3,(H,23,24). The van der Waals surface area contributed by atoms with E-state index in [1.165, 1.54) is 6.20 Å². The first-order chi connectivity index (χ1) is 12.2. The van der Waals surface area contributed by atoms with E-state index in [-0.39, 0.29) is 11.8 Å². The molecule has 1 N–H and O–H groups in total. The van der Waals surface area contributed by atoms with Crippen molar-refractivity contribution in [2.75, 3.05) is 31.1 Å². The predicted molar refractivity (Wildman–Crippen MR) is 96.5 cm³/mol. The smallest absolute Gasteiger partial charge is 0.410 e. The molecule has 0 radical (unpaired) electrons. The molecule has 1 fully saturated rings. The number of carbonyl (C=O) groups excluding carboxylic acids is 1. The molecule has 0 aliphatic carbocycles. The van der Waals surface area contributed by atoms with E-state index in [0.29, 0.717) is 37.2 Å². The van der Waals surface area contributed by atoms with Gasteiger partial charge >= 0.3 is 12.1 Å². The maximum atomic E-state index is 12.1. The van der Waals surface area contributed by atoms with E-state index in [1.54, 1.807) is 11.0 Å². The molecule has 8 heteroatoms. The van der Waals surface area contributed by atoms with Crippen LogP contribution in [0.4, 0.5) is 10.5 Å². The zero-order valence-electron chi connectivity index (χ0n) is 15.1. The van der Waals surface area contributed by atoms with E-state index in [1.807, 2.05) is 32.9 Å². The molecular weight excluding hydrogens is 336 g/mol. The van der Waals surface area contributed by atoms with Gasteiger partial charge in [-0.2, -0.15) is 0 Å². The Hall–Kier alpha value is -2.90. The van der Waals surface area contributed by atoms with Gasteiger partial charge in [-0.25, -0.2) is 14.6 Å². The van der Waals surface area contributed by atoms with Crippen molar-refractivity contribution < 1.29 is 19.4 Å². The molecule has 1 aromatic heterocycles. The van der Waals surface area contributed by atoms with Crippen molar-refractivity contribution in [3.8, 4) is 0 Å². The minimum Gasteiger partial charge on any atom is -0.476 e. The Kier molecular flexibility index (Phi) is 4.67. The third-order valence-corrected chi connectivity index (χ3v) is 4.04. The minimum atomic E-state index is -1.10. The van der Waals surface area contributed by atoms with Crippen LogP contribution in [0.15, 0.2) is 24.4 Å². The van der Waals surface area contributed by atoms with Gasteiger partial charge in [0.25, 0.3) is 0 Å². The van der Waals surface area contributed by atoms with Crippen molar-refractivity contribution in [2.24, 2.45) is 0 Å². The second-order valence-corrected chi connectivity index (χ2v) is 7.19. The molecule has 1 aliphatic heterocycles. The van der Waals surface area contributed by atoms with Gasteiger partial charge in [0.05, 0.1) is 17.2 Å². The summed E-state index contributed by atoms with van der Waals surface area (Å²) in [5.74, 6) is -1.10. The maximum absolute atomic E-state index is 12.1. The number of carbonyl (C=O) groups is 2. The molecular formula is C18H22N4O4. The summed E-state index contributed by atoms with van der Waals surface area (Å²) in [5, 5.41) is 8.99. The predicted octanol–water partition coefficient (Wildman–Crippen LogP) is 2.39. The van der Waals surface area contributed by atoms with Crippen LogP contribution in [0.1, 0.15) is 31.3 Å². The highest BCUT2D eigenvalue weighted by Gasteiger charge is 2.26. The average molecular weight is 358 g/mol. The molecule has 0 saturated carbocycles. The topological polar surface area (TPSA) is 95.9 Å². The molecule has 138 valence electrons. The number of carboxylic acid groups (broad SMARTS) is 1. The fraction of sp³-hybridized carbons (Fsp3) is 0.444. The second kappa shape index (κ2) is 6.78. The molecule has 0 unspecified atom stereocenters. The van der Waals surface area contributed by atoms with Crippen LogP contribution in [-0.2, 0) is 4.74 Å². The third-order valence-electron chi connectivity index (χ3n) is 4.04. The SMILES string of the molecule is CC(C)(C)OC(=O)N1CCN(c2ccc3nc(C(=O)O)cnc3c2)CC1. The van der Waals surface area contributed by atoms with E-state index < -0.39 is 11.6 Å². The summed E-state index contributed by atoms with van der Waals surface area (Å²) in [6.45, 7) is 8.09. The molecule has 1 saturated heterocycles. The quantitative estimate of drug-likeness (QED) is 0.880. The number of carboxylic acids is 1. The van der Waals surface area contributed by atoms with Crippen LogP contribution >= 0.6 is 0 Å². The number of benzene rings is 1. The fourth-order valence-electron chi connectivity index (χ4n) is 2.77. The van der Waals surface area contributed by atoms with Crippen molar-refractivity contribution in [2.45, 2.75) is 26.4 Å². The van der Waals surface area contributed by atoms with Gasteiger partial charge in [-0.3, -0.25) is 4.98 Å². The summed E-state index contributed by atoms with van der Waals surface area (Å²) >= 11 is 0. The Morgan fingerprint density at radius 1 is 1.12 bits per heavy atom. The molecule has 1 amide bonds. The van der Waals surface area contributed by atoms with Gasteiger partial charge < -0.3 is 19.6 Å². The van der Waals surface area contributed by atoms with Crippen molar-refractivity contribution in [3.05, 3.63) is 30.1 Å². The monoisotopic (exact) mass is 358 g/mol. The number of amides is 1. The van der Waals surface area contributed by atoms with Gasteiger partial charge in [-0.05, 0) is 39.0 Å². The minimum absolute atomic E-state index is 0.0729. The molecule has 2 heterocycles. The highest BCUT2D eigenvalue weighted by Crippen LogP contribution is 2.22. The number of anilines is 1. The first-order valence-electron chi connectivity index (χ1n) is 8.46. The molecule has 8 nitrogen and oxygen atoms in total. The number of ether oxygens (including phenoxy) is 1. The number of hydrogen-bond donors (Lipinski definition) is 1. The number of fused-ring (bicyclic) bond motifs is 1. The summed E-state index contributed by atoms with van der Waals surface area (Å²) in [4.78, 5) is 35.3. The normalized spacial score (nSPS) is 15.2. The molecule has 0 spiro atoms. The highest BCUT2D eigenvalue weighted by molar-refractivity contribution is 5.88. The summed E-state index contributed by atoms with van der Waals surface area (Å²) in [5.41, 5.74) is 1.58. The first kappa shape index (κ1) is 17.9. The molecule has 0 bridgehead atoms. The number of rotatable bonds is 2. The molecule has 2 aromatic rings. The second-order valence-electron chi connectivity index (χ2n) is 7.19. The zero-order chi connectivity index (χ0) is 18.9. The lowest BCUT2D eigenvalue weighted by molar-refractivity contribution is 0.0240. The van der Waals surface area contributed by atoms with Crippen molar-refractivity contribution in [1.29, 1.82) is 0 Å². The molecule has 26 heavy (non-hydrogen) atoms.